The van der Waals surface area contributed by atoms with Crippen molar-refractivity contribution in [3.63, 3.8) is 0 Å². The SMILES string of the molecule is CCCCCCNCCOCC. The van der Waals surface area contributed by atoms with E-state index in [-0.39, 0.29) is 0 Å². The van der Waals surface area contributed by atoms with Crippen LogP contribution in [-0.2, 0) is 4.74 Å². The molecule has 0 radical (unpaired) electrons. The molecule has 0 aliphatic heterocycles. The first-order valence-corrected chi connectivity index (χ1v) is 5.20. The van der Waals surface area contributed by atoms with Crippen LogP contribution in [0.15, 0.2) is 0 Å². The van der Waals surface area contributed by atoms with E-state index >= 15 is 0 Å². The Morgan fingerprint density at radius 3 is 2.50 bits per heavy atom. The second-order valence-electron chi connectivity index (χ2n) is 3.01. The van der Waals surface area contributed by atoms with Gasteiger partial charge in [-0.05, 0) is 19.9 Å². The minimum atomic E-state index is 0.831. The normalized spacial score (nSPS) is 10.5. The third-order valence-electron chi connectivity index (χ3n) is 1.83. The van der Waals surface area contributed by atoms with Gasteiger partial charge in [0, 0.05) is 13.2 Å². The fourth-order valence-corrected chi connectivity index (χ4v) is 1.09. The molecular formula is C10H23NO. The molecule has 0 spiro atoms. The molecular weight excluding hydrogens is 150 g/mol. The number of hydrogen-bond acceptors (Lipinski definition) is 2. The zero-order valence-electron chi connectivity index (χ0n) is 8.57. The van der Waals surface area contributed by atoms with E-state index in [1.165, 1.54) is 25.7 Å². The summed E-state index contributed by atoms with van der Waals surface area (Å²) in [6, 6.07) is 0. The average molecular weight is 173 g/mol. The molecule has 0 aromatic heterocycles. The van der Waals surface area contributed by atoms with E-state index < -0.39 is 0 Å². The van der Waals surface area contributed by atoms with Crippen molar-refractivity contribution in [1.82, 2.24) is 5.32 Å². The van der Waals surface area contributed by atoms with Crippen LogP contribution in [-0.4, -0.2) is 26.3 Å². The van der Waals surface area contributed by atoms with Crippen molar-refractivity contribution in [3.05, 3.63) is 0 Å². The summed E-state index contributed by atoms with van der Waals surface area (Å²) < 4.78 is 5.20. The first-order valence-electron chi connectivity index (χ1n) is 5.20. The van der Waals surface area contributed by atoms with E-state index in [2.05, 4.69) is 12.2 Å². The lowest BCUT2D eigenvalue weighted by Gasteiger charge is -2.03. The van der Waals surface area contributed by atoms with Gasteiger partial charge in [-0.3, -0.25) is 0 Å². The van der Waals surface area contributed by atoms with Crippen LogP contribution >= 0.6 is 0 Å². The van der Waals surface area contributed by atoms with Crippen LogP contribution in [0.4, 0.5) is 0 Å². The zero-order valence-corrected chi connectivity index (χ0v) is 8.57. The van der Waals surface area contributed by atoms with Crippen LogP contribution in [0.5, 0.6) is 0 Å². The fourth-order valence-electron chi connectivity index (χ4n) is 1.09. The lowest BCUT2D eigenvalue weighted by molar-refractivity contribution is 0.149. The van der Waals surface area contributed by atoms with E-state index in [4.69, 9.17) is 4.74 Å². The maximum Gasteiger partial charge on any atom is 0.0590 e. The molecule has 0 aromatic rings. The minimum absolute atomic E-state index is 0.831. The predicted molar refractivity (Wildman–Crippen MR) is 53.5 cm³/mol. The quantitative estimate of drug-likeness (QED) is 0.540. The molecule has 0 aliphatic rings. The standard InChI is InChI=1S/C10H23NO/c1-3-5-6-7-8-11-9-10-12-4-2/h11H,3-10H2,1-2H3. The molecule has 2 nitrogen and oxygen atoms in total. The van der Waals surface area contributed by atoms with Crippen LogP contribution in [0.3, 0.4) is 0 Å². The number of hydrogen-bond donors (Lipinski definition) is 1. The summed E-state index contributed by atoms with van der Waals surface area (Å²) >= 11 is 0. The Bertz CT molecular complexity index is 66.2. The summed E-state index contributed by atoms with van der Waals surface area (Å²) in [5.74, 6) is 0. The number of ether oxygens (including phenoxy) is 1. The first-order chi connectivity index (χ1) is 5.91. The second kappa shape index (κ2) is 10.9. The van der Waals surface area contributed by atoms with E-state index in [9.17, 15) is 0 Å². The van der Waals surface area contributed by atoms with Crippen LogP contribution in [0, 0.1) is 0 Å². The molecule has 0 saturated carbocycles. The van der Waals surface area contributed by atoms with E-state index in [0.29, 0.717) is 0 Å². The van der Waals surface area contributed by atoms with Gasteiger partial charge >= 0.3 is 0 Å². The zero-order chi connectivity index (χ0) is 9.07. The molecule has 74 valence electrons. The van der Waals surface area contributed by atoms with Crippen molar-refractivity contribution < 1.29 is 4.74 Å². The minimum Gasteiger partial charge on any atom is -0.380 e. The summed E-state index contributed by atoms with van der Waals surface area (Å²) in [5.41, 5.74) is 0. The largest absolute Gasteiger partial charge is 0.380 e. The van der Waals surface area contributed by atoms with E-state index in [1.54, 1.807) is 0 Å². The summed E-state index contributed by atoms with van der Waals surface area (Å²) in [6.45, 7) is 8.10. The van der Waals surface area contributed by atoms with Gasteiger partial charge in [-0.15, -0.1) is 0 Å². The Balaban J connectivity index is 2.73. The molecule has 0 atom stereocenters. The van der Waals surface area contributed by atoms with Gasteiger partial charge in [-0.25, -0.2) is 0 Å². The molecule has 0 saturated heterocycles. The highest BCUT2D eigenvalue weighted by molar-refractivity contribution is 4.47. The van der Waals surface area contributed by atoms with Crippen molar-refractivity contribution in [1.29, 1.82) is 0 Å². The molecule has 12 heavy (non-hydrogen) atoms. The van der Waals surface area contributed by atoms with Crippen molar-refractivity contribution in [2.45, 2.75) is 39.5 Å². The molecule has 0 unspecified atom stereocenters. The van der Waals surface area contributed by atoms with E-state index in [0.717, 1.165) is 26.3 Å². The Morgan fingerprint density at radius 2 is 1.83 bits per heavy atom. The monoisotopic (exact) mass is 173 g/mol. The molecule has 0 heterocycles. The molecule has 0 bridgehead atoms. The Morgan fingerprint density at radius 1 is 1.00 bits per heavy atom. The highest BCUT2D eigenvalue weighted by atomic mass is 16.5. The van der Waals surface area contributed by atoms with Crippen molar-refractivity contribution in [3.8, 4) is 0 Å². The van der Waals surface area contributed by atoms with E-state index in [1.807, 2.05) is 6.92 Å². The van der Waals surface area contributed by atoms with Gasteiger partial charge < -0.3 is 10.1 Å². The van der Waals surface area contributed by atoms with Crippen LogP contribution < -0.4 is 5.32 Å². The predicted octanol–water partition coefficient (Wildman–Crippen LogP) is 2.19. The van der Waals surface area contributed by atoms with Crippen molar-refractivity contribution >= 4 is 0 Å². The Labute approximate surface area is 76.7 Å². The number of nitrogens with one attached hydrogen (secondary N) is 1. The van der Waals surface area contributed by atoms with Gasteiger partial charge in [0.05, 0.1) is 6.61 Å². The van der Waals surface area contributed by atoms with Gasteiger partial charge in [-0.2, -0.15) is 0 Å². The van der Waals surface area contributed by atoms with Gasteiger partial charge in [0.2, 0.25) is 0 Å². The molecule has 0 amide bonds. The maximum atomic E-state index is 5.20. The smallest absolute Gasteiger partial charge is 0.0590 e. The lowest BCUT2D eigenvalue weighted by Crippen LogP contribution is -2.20. The Hall–Kier alpha value is -0.0800. The van der Waals surface area contributed by atoms with Crippen molar-refractivity contribution in [2.24, 2.45) is 0 Å². The molecule has 0 fully saturated rings. The van der Waals surface area contributed by atoms with Crippen molar-refractivity contribution in [2.75, 3.05) is 26.3 Å². The van der Waals surface area contributed by atoms with Gasteiger partial charge in [0.1, 0.15) is 0 Å². The molecule has 1 N–H and O–H groups in total. The lowest BCUT2D eigenvalue weighted by atomic mass is 10.2. The van der Waals surface area contributed by atoms with Crippen LogP contribution in [0.2, 0.25) is 0 Å². The average Bonchev–Trinajstić information content (AvgIpc) is 2.10. The first kappa shape index (κ1) is 11.9. The van der Waals surface area contributed by atoms with Gasteiger partial charge in [0.25, 0.3) is 0 Å². The number of rotatable bonds is 9. The summed E-state index contributed by atoms with van der Waals surface area (Å²) in [4.78, 5) is 0. The highest BCUT2D eigenvalue weighted by Gasteiger charge is 1.88. The van der Waals surface area contributed by atoms with Gasteiger partial charge in [-0.1, -0.05) is 26.2 Å². The molecule has 0 aliphatic carbocycles. The van der Waals surface area contributed by atoms with Gasteiger partial charge in [0.15, 0.2) is 0 Å². The second-order valence-corrected chi connectivity index (χ2v) is 3.01. The fraction of sp³-hybridized carbons (Fsp3) is 1.00. The third kappa shape index (κ3) is 9.92. The molecule has 2 heteroatoms. The maximum absolute atomic E-state index is 5.20. The summed E-state index contributed by atoms with van der Waals surface area (Å²) in [6.07, 6.45) is 5.35. The summed E-state index contributed by atoms with van der Waals surface area (Å²) in [7, 11) is 0. The summed E-state index contributed by atoms with van der Waals surface area (Å²) in [5, 5.41) is 3.35. The molecule has 0 rings (SSSR count). The van der Waals surface area contributed by atoms with Crippen LogP contribution in [0.25, 0.3) is 0 Å². The Kier molecular flexibility index (Phi) is 10.8. The molecule has 0 aromatic carbocycles. The number of unbranched alkanes of at least 4 members (excludes halogenated alkanes) is 3. The highest BCUT2D eigenvalue weighted by Crippen LogP contribution is 1.96. The topological polar surface area (TPSA) is 21.3 Å². The third-order valence-corrected chi connectivity index (χ3v) is 1.83. The van der Waals surface area contributed by atoms with Crippen LogP contribution in [0.1, 0.15) is 39.5 Å².